The summed E-state index contributed by atoms with van der Waals surface area (Å²) in [5, 5.41) is 5.50. The number of hydrogen-bond acceptors (Lipinski definition) is 5. The van der Waals surface area contributed by atoms with Crippen LogP contribution in [0.15, 0.2) is 88.7 Å². The van der Waals surface area contributed by atoms with E-state index in [-0.39, 0.29) is 22.5 Å². The topological polar surface area (TPSA) is 109 Å². The third-order valence-corrected chi connectivity index (χ3v) is 7.87. The molecule has 8 nitrogen and oxygen atoms in total. The first-order valence-electron chi connectivity index (χ1n) is 11.3. The summed E-state index contributed by atoms with van der Waals surface area (Å²) in [6.07, 6.45) is 2.56. The third kappa shape index (κ3) is 5.87. The molecule has 0 saturated carbocycles. The summed E-state index contributed by atoms with van der Waals surface area (Å²) < 4.78 is 33.2. The second-order valence-electron chi connectivity index (χ2n) is 8.31. The van der Waals surface area contributed by atoms with Crippen LogP contribution < -0.4 is 10.6 Å². The predicted molar refractivity (Wildman–Crippen MR) is 133 cm³/mol. The number of amides is 2. The van der Waals surface area contributed by atoms with Gasteiger partial charge in [-0.1, -0.05) is 36.9 Å². The van der Waals surface area contributed by atoms with Gasteiger partial charge >= 0.3 is 0 Å². The molecule has 0 spiro atoms. The van der Waals surface area contributed by atoms with Gasteiger partial charge in [0.25, 0.3) is 5.91 Å². The van der Waals surface area contributed by atoms with Gasteiger partial charge in [0.05, 0.1) is 4.90 Å². The maximum Gasteiger partial charge on any atom is 0.291 e. The molecular weight excluding hydrogens is 466 g/mol. The molecule has 1 aliphatic heterocycles. The molecule has 1 fully saturated rings. The predicted octanol–water partition coefficient (Wildman–Crippen LogP) is 3.90. The zero-order valence-electron chi connectivity index (χ0n) is 19.1. The second kappa shape index (κ2) is 10.7. The van der Waals surface area contributed by atoms with Crippen LogP contribution in [-0.2, 0) is 14.8 Å². The molecule has 3 aromatic rings. The largest absolute Gasteiger partial charge is 0.451 e. The number of carbonyl (C=O) groups is 2. The van der Waals surface area contributed by atoms with Crippen LogP contribution in [-0.4, -0.2) is 44.2 Å². The molecule has 1 aliphatic rings. The van der Waals surface area contributed by atoms with Gasteiger partial charge in [0.2, 0.25) is 15.9 Å². The van der Waals surface area contributed by atoms with E-state index >= 15 is 0 Å². The maximum absolute atomic E-state index is 13.0. The number of furan rings is 1. The molecule has 9 heteroatoms. The lowest BCUT2D eigenvalue weighted by molar-refractivity contribution is -0.116. The Morgan fingerprint density at radius 3 is 2.34 bits per heavy atom. The van der Waals surface area contributed by atoms with E-state index in [1.165, 1.54) is 22.5 Å². The average Bonchev–Trinajstić information content (AvgIpc) is 3.39. The lowest BCUT2D eigenvalue weighted by Gasteiger charge is -2.31. The fraction of sp³-hybridized carbons (Fsp3) is 0.231. The molecule has 35 heavy (non-hydrogen) atoms. The Balaban J connectivity index is 1.34. The molecule has 0 bridgehead atoms. The summed E-state index contributed by atoms with van der Waals surface area (Å²) in [5.74, 6) is 0.327. The minimum Gasteiger partial charge on any atom is -0.451 e. The zero-order chi connectivity index (χ0) is 24.8. The van der Waals surface area contributed by atoms with Crippen molar-refractivity contribution in [1.29, 1.82) is 0 Å². The molecule has 0 radical (unpaired) electrons. The molecule has 2 amide bonds. The van der Waals surface area contributed by atoms with Crippen molar-refractivity contribution in [3.8, 4) is 11.3 Å². The van der Waals surface area contributed by atoms with E-state index in [0.717, 1.165) is 5.56 Å². The summed E-state index contributed by atoms with van der Waals surface area (Å²) in [5.41, 5.74) is 1.33. The van der Waals surface area contributed by atoms with Gasteiger partial charge in [0.15, 0.2) is 5.76 Å². The van der Waals surface area contributed by atoms with Crippen molar-refractivity contribution in [3.05, 3.63) is 85.1 Å². The van der Waals surface area contributed by atoms with E-state index in [9.17, 15) is 18.0 Å². The number of sulfonamides is 1. The number of carbonyl (C=O) groups excluding carboxylic acids is 2. The van der Waals surface area contributed by atoms with E-state index in [0.29, 0.717) is 43.9 Å². The van der Waals surface area contributed by atoms with Gasteiger partial charge in [-0.2, -0.15) is 4.31 Å². The molecule has 2 heterocycles. The number of anilines is 1. The van der Waals surface area contributed by atoms with E-state index in [2.05, 4.69) is 17.2 Å². The molecule has 1 saturated heterocycles. The zero-order valence-corrected chi connectivity index (χ0v) is 20.0. The molecule has 182 valence electrons. The van der Waals surface area contributed by atoms with E-state index in [1.54, 1.807) is 24.3 Å². The first kappa shape index (κ1) is 24.4. The first-order valence-corrected chi connectivity index (χ1v) is 12.8. The van der Waals surface area contributed by atoms with E-state index in [1.807, 2.05) is 30.3 Å². The normalized spacial score (nSPS) is 14.9. The van der Waals surface area contributed by atoms with E-state index < -0.39 is 15.9 Å². The molecule has 2 N–H and O–H groups in total. The number of nitrogens with zero attached hydrogens (tertiary/aromatic N) is 1. The van der Waals surface area contributed by atoms with Crippen LogP contribution in [0.25, 0.3) is 11.3 Å². The van der Waals surface area contributed by atoms with Crippen LogP contribution in [0.1, 0.15) is 23.4 Å². The lowest BCUT2D eigenvalue weighted by Crippen LogP contribution is -2.41. The average molecular weight is 494 g/mol. The quantitative estimate of drug-likeness (QED) is 0.463. The van der Waals surface area contributed by atoms with Gasteiger partial charge < -0.3 is 15.1 Å². The van der Waals surface area contributed by atoms with Crippen molar-refractivity contribution in [1.82, 2.24) is 9.62 Å². The summed E-state index contributed by atoms with van der Waals surface area (Å²) in [7, 11) is -3.65. The first-order chi connectivity index (χ1) is 16.9. The Morgan fingerprint density at radius 1 is 1.00 bits per heavy atom. The van der Waals surface area contributed by atoms with E-state index in [4.69, 9.17) is 4.42 Å². The SMILES string of the molecule is C=CC(=O)NCC1CCN(S(=O)(=O)c2ccc(NC(=O)c3ccc(-c4ccccc4)o3)cc2)CC1. The smallest absolute Gasteiger partial charge is 0.291 e. The summed E-state index contributed by atoms with van der Waals surface area (Å²) in [6, 6.07) is 18.9. The van der Waals surface area contributed by atoms with Crippen LogP contribution in [0, 0.1) is 5.92 Å². The van der Waals surface area contributed by atoms with Crippen molar-refractivity contribution in [3.63, 3.8) is 0 Å². The number of rotatable bonds is 8. The third-order valence-electron chi connectivity index (χ3n) is 5.96. The highest BCUT2D eigenvalue weighted by Crippen LogP contribution is 2.25. The Hall–Kier alpha value is -3.69. The second-order valence-corrected chi connectivity index (χ2v) is 10.2. The highest BCUT2D eigenvalue weighted by molar-refractivity contribution is 7.89. The Kier molecular flexibility index (Phi) is 7.48. The van der Waals surface area contributed by atoms with Crippen molar-refractivity contribution < 1.29 is 22.4 Å². The standard InChI is InChI=1S/C26H27N3O5S/c1-2-25(30)27-18-19-14-16-29(17-15-19)35(32,33)22-10-8-21(9-11-22)28-26(31)24-13-12-23(34-24)20-6-4-3-5-7-20/h2-13,19H,1,14-18H2,(H,27,30)(H,28,31). The van der Waals surface area contributed by atoms with Crippen molar-refractivity contribution in [2.24, 2.45) is 5.92 Å². The Morgan fingerprint density at radius 2 is 1.69 bits per heavy atom. The molecule has 0 atom stereocenters. The summed E-state index contributed by atoms with van der Waals surface area (Å²) in [6.45, 7) is 4.71. The van der Waals surface area contributed by atoms with Gasteiger partial charge in [0, 0.05) is 30.9 Å². The minimum absolute atomic E-state index is 0.160. The maximum atomic E-state index is 13.0. The highest BCUT2D eigenvalue weighted by Gasteiger charge is 2.29. The van der Waals surface area contributed by atoms with Gasteiger partial charge in [0.1, 0.15) is 5.76 Å². The number of hydrogen-bond donors (Lipinski definition) is 2. The number of benzene rings is 2. The molecule has 2 aromatic carbocycles. The van der Waals surface area contributed by atoms with Crippen molar-refractivity contribution >= 4 is 27.5 Å². The van der Waals surface area contributed by atoms with Gasteiger partial charge in [-0.15, -0.1) is 0 Å². The van der Waals surface area contributed by atoms with Crippen LogP contribution in [0.4, 0.5) is 5.69 Å². The fourth-order valence-corrected chi connectivity index (χ4v) is 5.41. The summed E-state index contributed by atoms with van der Waals surface area (Å²) >= 11 is 0. The number of nitrogens with one attached hydrogen (secondary N) is 2. The van der Waals surface area contributed by atoms with Crippen LogP contribution in [0.2, 0.25) is 0 Å². The van der Waals surface area contributed by atoms with Crippen molar-refractivity contribution in [2.45, 2.75) is 17.7 Å². The van der Waals surface area contributed by atoms with Crippen LogP contribution >= 0.6 is 0 Å². The fourth-order valence-electron chi connectivity index (χ4n) is 3.94. The van der Waals surface area contributed by atoms with Crippen LogP contribution in [0.3, 0.4) is 0 Å². The van der Waals surface area contributed by atoms with Gasteiger partial charge in [-0.25, -0.2) is 8.42 Å². The highest BCUT2D eigenvalue weighted by atomic mass is 32.2. The summed E-state index contributed by atoms with van der Waals surface area (Å²) in [4.78, 5) is 24.1. The number of piperidine rings is 1. The minimum atomic E-state index is -3.65. The molecular formula is C26H27N3O5S. The van der Waals surface area contributed by atoms with Gasteiger partial charge in [-0.3, -0.25) is 9.59 Å². The molecule has 1 aromatic heterocycles. The Labute approximate surface area is 204 Å². The Bertz CT molecular complexity index is 1290. The molecule has 4 rings (SSSR count). The van der Waals surface area contributed by atoms with Crippen molar-refractivity contribution in [2.75, 3.05) is 25.0 Å². The molecule has 0 unspecified atom stereocenters. The van der Waals surface area contributed by atoms with Crippen LogP contribution in [0.5, 0.6) is 0 Å². The van der Waals surface area contributed by atoms with Gasteiger partial charge in [-0.05, 0) is 61.2 Å². The lowest BCUT2D eigenvalue weighted by atomic mass is 9.98. The molecule has 0 aliphatic carbocycles. The monoisotopic (exact) mass is 493 g/mol.